The predicted octanol–water partition coefficient (Wildman–Crippen LogP) is 2.75. The Balaban J connectivity index is 1.33. The summed E-state index contributed by atoms with van der Waals surface area (Å²) in [7, 11) is 1.87. The Labute approximate surface area is 198 Å². The number of aliphatic hydroxyl groups excluding tert-OH is 1. The van der Waals surface area contributed by atoms with Crippen molar-refractivity contribution in [1.29, 1.82) is 0 Å². The van der Waals surface area contributed by atoms with Crippen molar-refractivity contribution < 1.29 is 14.6 Å². The van der Waals surface area contributed by atoms with Crippen molar-refractivity contribution in [1.82, 2.24) is 19.9 Å². The highest BCUT2D eigenvalue weighted by molar-refractivity contribution is 5.93. The number of nitrogens with zero attached hydrogens (tertiary/aromatic N) is 5. The third kappa shape index (κ3) is 4.99. The second-order valence-corrected chi connectivity index (χ2v) is 8.75. The number of ether oxygens (including phenoxy) is 1. The van der Waals surface area contributed by atoms with E-state index in [1.54, 1.807) is 24.5 Å². The molecule has 0 atom stereocenters. The molecule has 0 aromatic carbocycles. The van der Waals surface area contributed by atoms with Crippen LogP contribution in [0.25, 0.3) is 11.5 Å². The number of rotatable bonds is 9. The van der Waals surface area contributed by atoms with E-state index >= 15 is 0 Å². The van der Waals surface area contributed by atoms with Crippen molar-refractivity contribution >= 4 is 17.4 Å². The van der Waals surface area contributed by atoms with Crippen molar-refractivity contribution in [2.24, 2.45) is 0 Å². The predicted molar refractivity (Wildman–Crippen MR) is 128 cm³/mol. The number of hydrogen-bond donors (Lipinski definition) is 2. The Kier molecular flexibility index (Phi) is 6.35. The number of carbonyl (C=O) groups excluding carboxylic acids is 1. The standard InChI is InChI=1S/C25H28N6O3/c1-31(15-23(33)28-17-7-8-20(27-14-17)16-5-6-16)25-19-3-2-4-21(19)29-24(30-25)22-13-18(9-10-26-22)34-12-11-32/h7-10,13-14,16,32H,2-6,11-12,15H2,1H3,(H,28,33). The molecule has 1 fully saturated rings. The molecule has 0 spiro atoms. The molecule has 176 valence electrons. The number of likely N-dealkylation sites (N-methyl/N-ethyl adjacent to an activating group) is 1. The second kappa shape index (κ2) is 9.72. The Morgan fingerprint density at radius 1 is 1.21 bits per heavy atom. The van der Waals surface area contributed by atoms with Gasteiger partial charge in [-0.15, -0.1) is 0 Å². The molecule has 3 heterocycles. The zero-order valence-electron chi connectivity index (χ0n) is 19.2. The average molecular weight is 461 g/mol. The van der Waals surface area contributed by atoms with Gasteiger partial charge in [0.25, 0.3) is 0 Å². The smallest absolute Gasteiger partial charge is 0.243 e. The van der Waals surface area contributed by atoms with E-state index in [1.807, 2.05) is 24.1 Å². The van der Waals surface area contributed by atoms with Crippen LogP contribution < -0.4 is 15.0 Å². The number of aryl methyl sites for hydroxylation is 1. The number of anilines is 2. The molecule has 2 aliphatic rings. The molecule has 0 radical (unpaired) electrons. The third-order valence-electron chi connectivity index (χ3n) is 6.04. The van der Waals surface area contributed by atoms with Crippen molar-refractivity contribution in [2.45, 2.75) is 38.0 Å². The van der Waals surface area contributed by atoms with Gasteiger partial charge in [0.1, 0.15) is 23.9 Å². The summed E-state index contributed by atoms with van der Waals surface area (Å²) < 4.78 is 5.51. The fourth-order valence-corrected chi connectivity index (χ4v) is 4.22. The van der Waals surface area contributed by atoms with Crippen LogP contribution in [0.3, 0.4) is 0 Å². The van der Waals surface area contributed by atoms with Gasteiger partial charge in [0.15, 0.2) is 5.82 Å². The molecule has 34 heavy (non-hydrogen) atoms. The van der Waals surface area contributed by atoms with Crippen molar-refractivity contribution in [3.05, 3.63) is 53.6 Å². The van der Waals surface area contributed by atoms with Gasteiger partial charge in [-0.2, -0.15) is 0 Å². The number of aromatic nitrogens is 4. The molecule has 1 saturated carbocycles. The Bertz CT molecular complexity index is 1180. The summed E-state index contributed by atoms with van der Waals surface area (Å²) in [6.45, 7) is 0.293. The number of amides is 1. The number of fused-ring (bicyclic) bond motifs is 1. The zero-order valence-corrected chi connectivity index (χ0v) is 19.2. The summed E-state index contributed by atoms with van der Waals surface area (Å²) in [6, 6.07) is 7.40. The first-order valence-electron chi connectivity index (χ1n) is 11.7. The fourth-order valence-electron chi connectivity index (χ4n) is 4.22. The molecular formula is C25H28N6O3. The van der Waals surface area contributed by atoms with E-state index in [-0.39, 0.29) is 25.7 Å². The van der Waals surface area contributed by atoms with Gasteiger partial charge >= 0.3 is 0 Å². The molecule has 0 unspecified atom stereocenters. The highest BCUT2D eigenvalue weighted by Gasteiger charge is 2.25. The van der Waals surface area contributed by atoms with Crippen LogP contribution in [0.2, 0.25) is 0 Å². The van der Waals surface area contributed by atoms with E-state index in [0.717, 1.165) is 42.0 Å². The largest absolute Gasteiger partial charge is 0.491 e. The maximum atomic E-state index is 12.8. The van der Waals surface area contributed by atoms with E-state index in [9.17, 15) is 4.79 Å². The van der Waals surface area contributed by atoms with Gasteiger partial charge in [-0.25, -0.2) is 9.97 Å². The average Bonchev–Trinajstić information content (AvgIpc) is 3.59. The van der Waals surface area contributed by atoms with Crippen LogP contribution in [-0.2, 0) is 17.6 Å². The molecular weight excluding hydrogens is 432 g/mol. The first-order valence-corrected chi connectivity index (χ1v) is 11.7. The van der Waals surface area contributed by atoms with Crippen LogP contribution in [0.4, 0.5) is 11.5 Å². The van der Waals surface area contributed by atoms with Gasteiger partial charge in [-0.3, -0.25) is 14.8 Å². The molecule has 0 bridgehead atoms. The number of hydrogen-bond acceptors (Lipinski definition) is 8. The molecule has 2 N–H and O–H groups in total. The molecule has 3 aromatic rings. The van der Waals surface area contributed by atoms with Crippen LogP contribution in [0.1, 0.15) is 42.1 Å². The lowest BCUT2D eigenvalue weighted by molar-refractivity contribution is -0.114. The van der Waals surface area contributed by atoms with Gasteiger partial charge in [-0.1, -0.05) is 0 Å². The normalized spacial score (nSPS) is 14.5. The summed E-state index contributed by atoms with van der Waals surface area (Å²) in [5, 5.41) is 11.9. The van der Waals surface area contributed by atoms with Crippen molar-refractivity contribution in [3.8, 4) is 17.3 Å². The molecule has 1 amide bonds. The summed E-state index contributed by atoms with van der Waals surface area (Å²) in [5.41, 5.74) is 4.46. The number of pyridine rings is 2. The van der Waals surface area contributed by atoms with Gasteiger partial charge in [-0.05, 0) is 50.3 Å². The number of aliphatic hydroxyl groups is 1. The lowest BCUT2D eigenvalue weighted by Crippen LogP contribution is -2.31. The third-order valence-corrected chi connectivity index (χ3v) is 6.04. The first-order chi connectivity index (χ1) is 16.6. The fraction of sp³-hybridized carbons (Fsp3) is 0.400. The molecule has 0 aliphatic heterocycles. The Morgan fingerprint density at radius 3 is 2.85 bits per heavy atom. The van der Waals surface area contributed by atoms with Crippen LogP contribution in [0.15, 0.2) is 36.7 Å². The lowest BCUT2D eigenvalue weighted by atomic mass is 10.2. The minimum Gasteiger partial charge on any atom is -0.491 e. The van der Waals surface area contributed by atoms with Gasteiger partial charge in [0.2, 0.25) is 5.91 Å². The highest BCUT2D eigenvalue weighted by Crippen LogP contribution is 2.39. The van der Waals surface area contributed by atoms with E-state index in [4.69, 9.17) is 19.8 Å². The number of nitrogens with one attached hydrogen (secondary N) is 1. The monoisotopic (exact) mass is 460 g/mol. The van der Waals surface area contributed by atoms with Crippen LogP contribution in [-0.4, -0.2) is 57.8 Å². The number of carbonyl (C=O) groups is 1. The van der Waals surface area contributed by atoms with Crippen LogP contribution in [0, 0.1) is 0 Å². The summed E-state index contributed by atoms with van der Waals surface area (Å²) in [6.07, 6.45) is 8.52. The highest BCUT2D eigenvalue weighted by atomic mass is 16.5. The first kappa shape index (κ1) is 22.2. The van der Waals surface area contributed by atoms with E-state index in [1.165, 1.54) is 12.8 Å². The SMILES string of the molecule is CN(CC(=O)Nc1ccc(C2CC2)nc1)c1nc(-c2cc(OCCO)ccn2)nc2c1CCC2. The van der Waals surface area contributed by atoms with E-state index in [2.05, 4.69) is 15.3 Å². The van der Waals surface area contributed by atoms with E-state index in [0.29, 0.717) is 28.9 Å². The Morgan fingerprint density at radius 2 is 2.09 bits per heavy atom. The van der Waals surface area contributed by atoms with Crippen molar-refractivity contribution in [2.75, 3.05) is 37.0 Å². The molecule has 5 rings (SSSR count). The maximum absolute atomic E-state index is 12.8. The summed E-state index contributed by atoms with van der Waals surface area (Å²) in [5.74, 6) is 2.29. The van der Waals surface area contributed by atoms with E-state index < -0.39 is 0 Å². The van der Waals surface area contributed by atoms with Gasteiger partial charge in [0.05, 0.1) is 25.0 Å². The lowest BCUT2D eigenvalue weighted by Gasteiger charge is -2.21. The summed E-state index contributed by atoms with van der Waals surface area (Å²) >= 11 is 0. The quantitative estimate of drug-likeness (QED) is 0.501. The van der Waals surface area contributed by atoms with Gasteiger partial charge in [0, 0.05) is 42.2 Å². The zero-order chi connectivity index (χ0) is 23.5. The molecule has 0 saturated heterocycles. The molecule has 2 aliphatic carbocycles. The molecule has 9 heteroatoms. The second-order valence-electron chi connectivity index (χ2n) is 8.75. The minimum atomic E-state index is -0.132. The Hall–Kier alpha value is -3.59. The molecule has 3 aromatic heterocycles. The van der Waals surface area contributed by atoms with Gasteiger partial charge < -0.3 is 20.1 Å². The topological polar surface area (TPSA) is 113 Å². The van der Waals surface area contributed by atoms with Crippen molar-refractivity contribution in [3.63, 3.8) is 0 Å². The minimum absolute atomic E-state index is 0.0647. The molecule has 9 nitrogen and oxygen atoms in total. The van der Waals surface area contributed by atoms with Crippen LogP contribution in [0.5, 0.6) is 5.75 Å². The summed E-state index contributed by atoms with van der Waals surface area (Å²) in [4.78, 5) is 33.0. The maximum Gasteiger partial charge on any atom is 0.243 e. The van der Waals surface area contributed by atoms with Crippen LogP contribution >= 0.6 is 0 Å².